The summed E-state index contributed by atoms with van der Waals surface area (Å²) in [4.78, 5) is 4.33. The van der Waals surface area contributed by atoms with Crippen molar-refractivity contribution in [2.45, 2.75) is 26.3 Å². The molecule has 0 aliphatic heterocycles. The number of rotatable bonds is 6. The van der Waals surface area contributed by atoms with Crippen LogP contribution >= 0.6 is 35.0 Å². The Kier molecular flexibility index (Phi) is 7.42. The Morgan fingerprint density at radius 2 is 2.21 bits per heavy atom. The van der Waals surface area contributed by atoms with Crippen molar-refractivity contribution in [2.24, 2.45) is 10.7 Å². The molecule has 0 aromatic heterocycles. The molecular weight excluding hydrogens is 303 g/mol. The van der Waals surface area contributed by atoms with Gasteiger partial charge >= 0.3 is 0 Å². The van der Waals surface area contributed by atoms with Crippen LogP contribution in [0.2, 0.25) is 10.0 Å². The van der Waals surface area contributed by atoms with Crippen molar-refractivity contribution >= 4 is 40.1 Å². The summed E-state index contributed by atoms with van der Waals surface area (Å²) in [5.41, 5.74) is 5.79. The molecule has 0 amide bonds. The molecule has 106 valence electrons. The molecule has 1 atom stereocenters. The summed E-state index contributed by atoms with van der Waals surface area (Å²) in [5, 5.41) is 1.70. The fourth-order valence-corrected chi connectivity index (χ4v) is 2.33. The summed E-state index contributed by atoms with van der Waals surface area (Å²) in [6.07, 6.45) is 0.984. The van der Waals surface area contributed by atoms with Crippen LogP contribution in [0.3, 0.4) is 0 Å². The molecule has 0 radical (unpaired) electrons. The molecule has 1 rings (SSSR count). The van der Waals surface area contributed by atoms with Crippen molar-refractivity contribution in [3.05, 3.63) is 28.2 Å². The fraction of sp³-hybridized carbons (Fsp3) is 0.462. The molecule has 1 aromatic carbocycles. The van der Waals surface area contributed by atoms with E-state index in [4.69, 9.17) is 33.7 Å². The lowest BCUT2D eigenvalue weighted by atomic mass is 10.3. The molecule has 19 heavy (non-hydrogen) atoms. The predicted octanol–water partition coefficient (Wildman–Crippen LogP) is 4.22. The van der Waals surface area contributed by atoms with Crippen molar-refractivity contribution < 1.29 is 4.74 Å². The third kappa shape index (κ3) is 6.41. The largest absolute Gasteiger partial charge is 0.491 e. The van der Waals surface area contributed by atoms with Crippen LogP contribution in [-0.2, 0) is 0 Å². The zero-order valence-electron chi connectivity index (χ0n) is 11.0. The smallest absolute Gasteiger partial charge is 0.154 e. The van der Waals surface area contributed by atoms with Crippen LogP contribution in [0.1, 0.15) is 20.3 Å². The number of ether oxygens (including phenoxy) is 1. The molecule has 6 heteroatoms. The topological polar surface area (TPSA) is 47.6 Å². The molecule has 0 bridgehead atoms. The van der Waals surface area contributed by atoms with Gasteiger partial charge in [0, 0.05) is 16.8 Å². The van der Waals surface area contributed by atoms with E-state index in [0.717, 1.165) is 12.2 Å². The minimum absolute atomic E-state index is 0.263. The minimum atomic E-state index is 0.263. The number of nitrogens with zero attached hydrogens (tertiary/aromatic N) is 1. The van der Waals surface area contributed by atoms with E-state index < -0.39 is 0 Å². The van der Waals surface area contributed by atoms with Crippen LogP contribution in [0.5, 0.6) is 5.75 Å². The standard InChI is InChI=1S/C13H18Cl2N2OS/c1-3-9(2)17-13(16)19-7-6-18-12-5-4-10(14)8-11(12)15/h4-5,8-9H,3,6-7H2,1-2H3,(H2,16,17)/t9-/m1/s1. The molecule has 0 saturated carbocycles. The van der Waals surface area contributed by atoms with Gasteiger partial charge in [-0.2, -0.15) is 0 Å². The average Bonchev–Trinajstić information content (AvgIpc) is 2.36. The summed E-state index contributed by atoms with van der Waals surface area (Å²) in [7, 11) is 0. The number of hydrogen-bond donors (Lipinski definition) is 1. The van der Waals surface area contributed by atoms with Crippen LogP contribution in [0.25, 0.3) is 0 Å². The molecule has 1 aromatic rings. The highest BCUT2D eigenvalue weighted by atomic mass is 35.5. The summed E-state index contributed by atoms with van der Waals surface area (Å²) in [6, 6.07) is 5.42. The third-order valence-electron chi connectivity index (χ3n) is 2.42. The summed E-state index contributed by atoms with van der Waals surface area (Å²) in [5.74, 6) is 1.36. The number of benzene rings is 1. The minimum Gasteiger partial charge on any atom is -0.491 e. The SMILES string of the molecule is CC[C@@H](C)N=C(N)SCCOc1ccc(Cl)cc1Cl. The molecule has 2 N–H and O–H groups in total. The van der Waals surface area contributed by atoms with Crippen molar-refractivity contribution in [1.82, 2.24) is 0 Å². The number of halogens is 2. The molecule has 3 nitrogen and oxygen atoms in total. The first-order chi connectivity index (χ1) is 9.02. The van der Waals surface area contributed by atoms with E-state index in [-0.39, 0.29) is 6.04 Å². The van der Waals surface area contributed by atoms with Gasteiger partial charge in [-0.3, -0.25) is 4.99 Å². The second kappa shape index (κ2) is 8.56. The molecular formula is C13H18Cl2N2OS. The molecule has 0 aliphatic rings. The van der Waals surface area contributed by atoms with Gasteiger partial charge in [-0.15, -0.1) is 0 Å². The monoisotopic (exact) mass is 320 g/mol. The Labute approximate surface area is 128 Å². The number of thioether (sulfide) groups is 1. The maximum absolute atomic E-state index is 5.99. The Balaban J connectivity index is 2.33. The van der Waals surface area contributed by atoms with E-state index >= 15 is 0 Å². The predicted molar refractivity (Wildman–Crippen MR) is 85.8 cm³/mol. The van der Waals surface area contributed by atoms with Gasteiger partial charge in [0.05, 0.1) is 11.6 Å². The van der Waals surface area contributed by atoms with Crippen LogP contribution in [0.4, 0.5) is 0 Å². The van der Waals surface area contributed by atoms with Crippen molar-refractivity contribution in [1.29, 1.82) is 0 Å². The van der Waals surface area contributed by atoms with Crippen molar-refractivity contribution in [3.8, 4) is 5.75 Å². The zero-order valence-corrected chi connectivity index (χ0v) is 13.4. The third-order valence-corrected chi connectivity index (χ3v) is 3.73. The Morgan fingerprint density at radius 3 is 2.84 bits per heavy atom. The lowest BCUT2D eigenvalue weighted by Gasteiger charge is -2.08. The lowest BCUT2D eigenvalue weighted by Crippen LogP contribution is -2.13. The molecule has 0 saturated heterocycles. The number of hydrogen-bond acceptors (Lipinski definition) is 3. The second-order valence-corrected chi connectivity index (χ2v) is 5.96. The van der Waals surface area contributed by atoms with Crippen LogP contribution < -0.4 is 10.5 Å². The average molecular weight is 321 g/mol. The van der Waals surface area contributed by atoms with E-state index in [2.05, 4.69) is 11.9 Å². The fourth-order valence-electron chi connectivity index (χ4n) is 1.24. The van der Waals surface area contributed by atoms with E-state index in [9.17, 15) is 0 Å². The van der Waals surface area contributed by atoms with Gasteiger partial charge in [0.1, 0.15) is 5.75 Å². The highest BCUT2D eigenvalue weighted by Crippen LogP contribution is 2.27. The Hall–Kier alpha value is -0.580. The molecule has 0 spiro atoms. The van der Waals surface area contributed by atoms with Gasteiger partial charge in [0.2, 0.25) is 0 Å². The highest BCUT2D eigenvalue weighted by Gasteiger charge is 2.03. The molecule has 0 heterocycles. The first kappa shape index (κ1) is 16.5. The Morgan fingerprint density at radius 1 is 1.47 bits per heavy atom. The van der Waals surface area contributed by atoms with E-state index in [0.29, 0.717) is 27.6 Å². The summed E-state index contributed by atoms with van der Waals surface area (Å²) < 4.78 is 5.55. The van der Waals surface area contributed by atoms with Crippen molar-refractivity contribution in [2.75, 3.05) is 12.4 Å². The normalized spacial score (nSPS) is 13.4. The maximum atomic E-state index is 5.99. The number of nitrogens with two attached hydrogens (primary N) is 1. The van der Waals surface area contributed by atoms with Crippen LogP contribution in [0, 0.1) is 0 Å². The van der Waals surface area contributed by atoms with Gasteiger partial charge in [-0.05, 0) is 31.5 Å². The quantitative estimate of drug-likeness (QED) is 0.485. The van der Waals surface area contributed by atoms with E-state index in [1.807, 2.05) is 6.92 Å². The maximum Gasteiger partial charge on any atom is 0.154 e. The Bertz CT molecular complexity index is 441. The van der Waals surface area contributed by atoms with Crippen molar-refractivity contribution in [3.63, 3.8) is 0 Å². The second-order valence-electron chi connectivity index (χ2n) is 4.00. The van der Waals surface area contributed by atoms with E-state index in [1.54, 1.807) is 18.2 Å². The molecule has 0 aliphatic carbocycles. The van der Waals surface area contributed by atoms with Gasteiger partial charge in [0.15, 0.2) is 5.17 Å². The highest BCUT2D eigenvalue weighted by molar-refractivity contribution is 8.13. The van der Waals surface area contributed by atoms with Gasteiger partial charge < -0.3 is 10.5 Å². The molecule has 0 unspecified atom stereocenters. The number of aliphatic imine (C=N–C) groups is 1. The van der Waals surface area contributed by atoms with Gasteiger partial charge in [-0.25, -0.2) is 0 Å². The van der Waals surface area contributed by atoms with Gasteiger partial charge in [-0.1, -0.05) is 41.9 Å². The first-order valence-electron chi connectivity index (χ1n) is 6.06. The lowest BCUT2D eigenvalue weighted by molar-refractivity contribution is 0.344. The zero-order chi connectivity index (χ0) is 14.3. The molecule has 0 fully saturated rings. The van der Waals surface area contributed by atoms with Crippen LogP contribution in [0.15, 0.2) is 23.2 Å². The summed E-state index contributed by atoms with van der Waals surface area (Å²) in [6.45, 7) is 4.64. The summed E-state index contributed by atoms with van der Waals surface area (Å²) >= 11 is 13.3. The van der Waals surface area contributed by atoms with E-state index in [1.165, 1.54) is 11.8 Å². The van der Waals surface area contributed by atoms with Gasteiger partial charge in [0.25, 0.3) is 0 Å². The number of amidine groups is 1. The first-order valence-corrected chi connectivity index (χ1v) is 7.81. The van der Waals surface area contributed by atoms with Crippen LogP contribution in [-0.4, -0.2) is 23.6 Å².